The van der Waals surface area contributed by atoms with Crippen LogP contribution in [-0.2, 0) is 5.54 Å². The van der Waals surface area contributed by atoms with Crippen molar-refractivity contribution in [2.75, 3.05) is 32.7 Å². The number of halogens is 1. The SMILES string of the molecule is CC(C)(NC(=O)N1CCN(C/C=C/c2ccccc2)CC1)c1ccc(Cl)cc1. The van der Waals surface area contributed by atoms with Gasteiger partial charge in [-0.3, -0.25) is 4.90 Å². The lowest BCUT2D eigenvalue weighted by Crippen LogP contribution is -2.54. The lowest BCUT2D eigenvalue weighted by Gasteiger charge is -2.37. The van der Waals surface area contributed by atoms with Crippen LogP contribution in [0, 0.1) is 0 Å². The fraction of sp³-hybridized carbons (Fsp3) is 0.348. The van der Waals surface area contributed by atoms with Gasteiger partial charge in [-0.1, -0.05) is 66.2 Å². The highest BCUT2D eigenvalue weighted by molar-refractivity contribution is 6.30. The largest absolute Gasteiger partial charge is 0.329 e. The summed E-state index contributed by atoms with van der Waals surface area (Å²) in [7, 11) is 0. The number of hydrogen-bond donors (Lipinski definition) is 1. The highest BCUT2D eigenvalue weighted by Crippen LogP contribution is 2.22. The van der Waals surface area contributed by atoms with Gasteiger partial charge in [-0.2, -0.15) is 0 Å². The molecule has 0 saturated carbocycles. The Balaban J connectivity index is 1.47. The van der Waals surface area contributed by atoms with Gasteiger partial charge in [0.2, 0.25) is 0 Å². The first-order valence-corrected chi connectivity index (χ1v) is 10.1. The molecule has 0 bridgehead atoms. The van der Waals surface area contributed by atoms with E-state index < -0.39 is 5.54 Å². The summed E-state index contributed by atoms with van der Waals surface area (Å²) in [6.07, 6.45) is 4.34. The summed E-state index contributed by atoms with van der Waals surface area (Å²) in [4.78, 5) is 17.0. The number of benzene rings is 2. The smallest absolute Gasteiger partial charge is 0.318 e. The van der Waals surface area contributed by atoms with Crippen molar-refractivity contribution in [3.8, 4) is 0 Å². The Morgan fingerprint density at radius 1 is 1.04 bits per heavy atom. The van der Waals surface area contributed by atoms with Crippen LogP contribution in [0.1, 0.15) is 25.0 Å². The number of amides is 2. The van der Waals surface area contributed by atoms with Gasteiger partial charge in [-0.15, -0.1) is 0 Å². The third-order valence-electron chi connectivity index (χ3n) is 5.12. The molecule has 148 valence electrons. The number of carbonyl (C=O) groups is 1. The third-order valence-corrected chi connectivity index (χ3v) is 5.37. The molecule has 0 radical (unpaired) electrons. The minimum Gasteiger partial charge on any atom is -0.329 e. The van der Waals surface area contributed by atoms with Crippen LogP contribution in [0.4, 0.5) is 4.79 Å². The topological polar surface area (TPSA) is 35.6 Å². The van der Waals surface area contributed by atoms with E-state index in [9.17, 15) is 4.79 Å². The lowest BCUT2D eigenvalue weighted by molar-refractivity contribution is 0.140. The highest BCUT2D eigenvalue weighted by atomic mass is 35.5. The predicted molar refractivity (Wildman–Crippen MR) is 116 cm³/mol. The van der Waals surface area contributed by atoms with Crippen LogP contribution in [0.3, 0.4) is 0 Å². The molecule has 1 heterocycles. The number of urea groups is 1. The maximum atomic E-state index is 12.7. The number of carbonyl (C=O) groups excluding carboxylic acids is 1. The van der Waals surface area contributed by atoms with Gasteiger partial charge in [0.15, 0.2) is 0 Å². The van der Waals surface area contributed by atoms with Crippen LogP contribution in [0.15, 0.2) is 60.7 Å². The molecule has 0 unspecified atom stereocenters. The normalized spacial score (nSPS) is 15.8. The van der Waals surface area contributed by atoms with E-state index in [1.165, 1.54) is 5.56 Å². The molecule has 5 heteroatoms. The molecule has 4 nitrogen and oxygen atoms in total. The first-order chi connectivity index (χ1) is 13.4. The zero-order valence-corrected chi connectivity index (χ0v) is 17.3. The molecule has 1 fully saturated rings. The average Bonchev–Trinajstić information content (AvgIpc) is 2.69. The first-order valence-electron chi connectivity index (χ1n) is 9.71. The number of piperazine rings is 1. The summed E-state index contributed by atoms with van der Waals surface area (Å²) < 4.78 is 0. The van der Waals surface area contributed by atoms with Crippen molar-refractivity contribution in [2.45, 2.75) is 19.4 Å². The van der Waals surface area contributed by atoms with Crippen molar-refractivity contribution in [1.82, 2.24) is 15.1 Å². The van der Waals surface area contributed by atoms with E-state index in [0.29, 0.717) is 5.02 Å². The summed E-state index contributed by atoms with van der Waals surface area (Å²) in [6, 6.07) is 17.9. The van der Waals surface area contributed by atoms with Crippen molar-refractivity contribution < 1.29 is 4.79 Å². The Kier molecular flexibility index (Phi) is 6.76. The number of hydrogen-bond acceptors (Lipinski definition) is 2. The van der Waals surface area contributed by atoms with E-state index in [-0.39, 0.29) is 6.03 Å². The fourth-order valence-corrected chi connectivity index (χ4v) is 3.45. The van der Waals surface area contributed by atoms with Gasteiger partial charge in [0, 0.05) is 37.7 Å². The van der Waals surface area contributed by atoms with Crippen molar-refractivity contribution in [2.24, 2.45) is 0 Å². The molecule has 28 heavy (non-hydrogen) atoms. The second kappa shape index (κ2) is 9.26. The zero-order chi connectivity index (χ0) is 20.0. The Labute approximate surface area is 172 Å². The molecule has 0 atom stereocenters. The molecule has 2 aromatic rings. The van der Waals surface area contributed by atoms with Crippen molar-refractivity contribution in [1.29, 1.82) is 0 Å². The average molecular weight is 398 g/mol. The van der Waals surface area contributed by atoms with Crippen molar-refractivity contribution in [3.05, 3.63) is 76.8 Å². The van der Waals surface area contributed by atoms with Crippen LogP contribution in [0.25, 0.3) is 6.08 Å². The minimum absolute atomic E-state index is 0.0144. The fourth-order valence-electron chi connectivity index (χ4n) is 3.32. The summed E-state index contributed by atoms with van der Waals surface area (Å²) >= 11 is 5.97. The van der Waals surface area contributed by atoms with E-state index >= 15 is 0 Å². The van der Waals surface area contributed by atoms with E-state index in [1.54, 1.807) is 0 Å². The standard InChI is InChI=1S/C23H28ClN3O/c1-23(2,20-10-12-21(24)13-11-20)25-22(28)27-17-15-26(16-18-27)14-6-9-19-7-4-3-5-8-19/h3-13H,14-18H2,1-2H3,(H,25,28)/b9-6+. The van der Waals surface area contributed by atoms with E-state index in [0.717, 1.165) is 38.3 Å². The summed E-state index contributed by atoms with van der Waals surface area (Å²) in [5, 5.41) is 3.85. The Hall–Kier alpha value is -2.30. The Morgan fingerprint density at radius 2 is 1.68 bits per heavy atom. The van der Waals surface area contributed by atoms with E-state index in [2.05, 4.69) is 34.5 Å². The van der Waals surface area contributed by atoms with Crippen LogP contribution in [-0.4, -0.2) is 48.6 Å². The van der Waals surface area contributed by atoms with Gasteiger partial charge >= 0.3 is 6.03 Å². The van der Waals surface area contributed by atoms with Gasteiger partial charge < -0.3 is 10.2 Å². The number of nitrogens with one attached hydrogen (secondary N) is 1. The number of rotatable bonds is 5. The summed E-state index contributed by atoms with van der Waals surface area (Å²) in [5.41, 5.74) is 1.80. The lowest BCUT2D eigenvalue weighted by atomic mass is 9.94. The van der Waals surface area contributed by atoms with Crippen LogP contribution in [0.5, 0.6) is 0 Å². The van der Waals surface area contributed by atoms with Gasteiger partial charge in [0.1, 0.15) is 0 Å². The van der Waals surface area contributed by atoms with Gasteiger partial charge in [-0.05, 0) is 37.1 Å². The number of nitrogens with zero attached hydrogens (tertiary/aromatic N) is 2. The second-order valence-electron chi connectivity index (χ2n) is 7.66. The van der Waals surface area contributed by atoms with Gasteiger partial charge in [0.25, 0.3) is 0 Å². The third kappa shape index (κ3) is 5.60. The van der Waals surface area contributed by atoms with E-state index in [4.69, 9.17) is 11.6 Å². The van der Waals surface area contributed by atoms with Crippen LogP contribution >= 0.6 is 11.6 Å². The van der Waals surface area contributed by atoms with Gasteiger partial charge in [0.05, 0.1) is 5.54 Å². The molecule has 2 aromatic carbocycles. The molecule has 1 aliphatic rings. The molecule has 0 spiro atoms. The maximum Gasteiger partial charge on any atom is 0.318 e. The van der Waals surface area contributed by atoms with Crippen LogP contribution in [0.2, 0.25) is 5.02 Å². The summed E-state index contributed by atoms with van der Waals surface area (Å²) in [6.45, 7) is 8.17. The molecule has 0 aliphatic carbocycles. The molecule has 0 aromatic heterocycles. The molecule has 1 saturated heterocycles. The van der Waals surface area contributed by atoms with Crippen molar-refractivity contribution >= 4 is 23.7 Å². The molecule has 3 rings (SSSR count). The highest BCUT2D eigenvalue weighted by Gasteiger charge is 2.27. The summed E-state index contributed by atoms with van der Waals surface area (Å²) in [5.74, 6) is 0. The molecule has 2 amide bonds. The van der Waals surface area contributed by atoms with Gasteiger partial charge in [-0.25, -0.2) is 4.79 Å². The monoisotopic (exact) mass is 397 g/mol. The molecule has 1 N–H and O–H groups in total. The predicted octanol–water partition coefficient (Wildman–Crippen LogP) is 4.62. The van der Waals surface area contributed by atoms with E-state index in [1.807, 2.05) is 61.2 Å². The minimum atomic E-state index is -0.447. The molecule has 1 aliphatic heterocycles. The quantitative estimate of drug-likeness (QED) is 0.799. The molecular weight excluding hydrogens is 370 g/mol. The first kappa shape index (κ1) is 20.4. The Morgan fingerprint density at radius 3 is 2.32 bits per heavy atom. The zero-order valence-electron chi connectivity index (χ0n) is 16.6. The molecular formula is C23H28ClN3O. The second-order valence-corrected chi connectivity index (χ2v) is 8.10. The van der Waals surface area contributed by atoms with Crippen LogP contribution < -0.4 is 5.32 Å². The maximum absolute atomic E-state index is 12.7. The van der Waals surface area contributed by atoms with Crippen molar-refractivity contribution in [3.63, 3.8) is 0 Å². The Bertz CT molecular complexity index is 794.